The lowest BCUT2D eigenvalue weighted by atomic mass is 9.93. The summed E-state index contributed by atoms with van der Waals surface area (Å²) in [5, 5.41) is 2.93. The number of methoxy groups -OCH3 is 2. The normalized spacial score (nSPS) is 18.9. The number of urea groups is 1. The minimum Gasteiger partial charge on any atom is -0.497 e. The number of likely N-dealkylation sites (N-methyl/N-ethyl adjacent to an activating group) is 1. The SMILES string of the molecule is CCOC(=O)C1=C(CN2CCN(C(=O)CC(C)C)CC2)N(C)C(=O)NC1c1cc(OC)cc(OC)c1. The van der Waals surface area contributed by atoms with Gasteiger partial charge in [0, 0.05) is 58.0 Å². The van der Waals surface area contributed by atoms with E-state index in [1.54, 1.807) is 46.4 Å². The Morgan fingerprint density at radius 2 is 1.67 bits per heavy atom. The van der Waals surface area contributed by atoms with Gasteiger partial charge in [-0.25, -0.2) is 9.59 Å². The molecular weight excluding hydrogens is 464 g/mol. The predicted molar refractivity (Wildman–Crippen MR) is 135 cm³/mol. The predicted octanol–water partition coefficient (Wildman–Crippen LogP) is 2.41. The number of nitrogens with one attached hydrogen (secondary N) is 1. The summed E-state index contributed by atoms with van der Waals surface area (Å²) in [6.45, 7) is 8.93. The molecule has 0 bridgehead atoms. The number of rotatable bonds is 9. The van der Waals surface area contributed by atoms with Gasteiger partial charge in [0.15, 0.2) is 0 Å². The van der Waals surface area contributed by atoms with E-state index in [0.29, 0.717) is 73.4 Å². The zero-order chi connectivity index (χ0) is 26.4. The van der Waals surface area contributed by atoms with Gasteiger partial charge in [0.2, 0.25) is 5.91 Å². The van der Waals surface area contributed by atoms with Crippen molar-refractivity contribution in [1.29, 1.82) is 0 Å². The highest BCUT2D eigenvalue weighted by atomic mass is 16.5. The summed E-state index contributed by atoms with van der Waals surface area (Å²) in [5.41, 5.74) is 1.59. The second-order valence-electron chi connectivity index (χ2n) is 9.42. The van der Waals surface area contributed by atoms with E-state index in [2.05, 4.69) is 10.2 Å². The quantitative estimate of drug-likeness (QED) is 0.518. The van der Waals surface area contributed by atoms with Gasteiger partial charge in [0.05, 0.1) is 32.4 Å². The molecule has 1 aromatic rings. The molecule has 1 N–H and O–H groups in total. The van der Waals surface area contributed by atoms with Gasteiger partial charge in [-0.3, -0.25) is 14.6 Å². The Bertz CT molecular complexity index is 978. The molecule has 0 spiro atoms. The van der Waals surface area contributed by atoms with Crippen LogP contribution in [-0.2, 0) is 14.3 Å². The first kappa shape index (κ1) is 27.3. The third-order valence-electron chi connectivity index (χ3n) is 6.46. The third kappa shape index (κ3) is 6.29. The smallest absolute Gasteiger partial charge is 0.338 e. The van der Waals surface area contributed by atoms with Gasteiger partial charge in [-0.15, -0.1) is 0 Å². The third-order valence-corrected chi connectivity index (χ3v) is 6.46. The highest BCUT2D eigenvalue weighted by molar-refractivity contribution is 5.95. The van der Waals surface area contributed by atoms with E-state index >= 15 is 0 Å². The molecule has 0 aliphatic carbocycles. The van der Waals surface area contributed by atoms with Crippen LogP contribution in [0.3, 0.4) is 0 Å². The fourth-order valence-electron chi connectivity index (χ4n) is 4.49. The van der Waals surface area contributed by atoms with Crippen LogP contribution < -0.4 is 14.8 Å². The molecule has 3 rings (SSSR count). The number of carbonyl (C=O) groups excluding carboxylic acids is 3. The fraction of sp³-hybridized carbons (Fsp3) is 0.577. The number of piperazine rings is 1. The zero-order valence-corrected chi connectivity index (χ0v) is 22.1. The van der Waals surface area contributed by atoms with E-state index < -0.39 is 12.0 Å². The van der Waals surface area contributed by atoms with Crippen molar-refractivity contribution in [3.8, 4) is 11.5 Å². The number of hydrogen-bond donors (Lipinski definition) is 1. The molecule has 1 aromatic carbocycles. The summed E-state index contributed by atoms with van der Waals surface area (Å²) < 4.78 is 16.2. The van der Waals surface area contributed by atoms with Gasteiger partial charge < -0.3 is 24.4 Å². The molecule has 3 amide bonds. The Kier molecular flexibility index (Phi) is 9.19. The van der Waals surface area contributed by atoms with Crippen molar-refractivity contribution in [2.45, 2.75) is 33.2 Å². The maximum absolute atomic E-state index is 13.2. The molecule has 2 heterocycles. The van der Waals surface area contributed by atoms with E-state index in [4.69, 9.17) is 14.2 Å². The van der Waals surface area contributed by atoms with Crippen LogP contribution in [0.4, 0.5) is 4.79 Å². The Morgan fingerprint density at radius 1 is 1.06 bits per heavy atom. The van der Waals surface area contributed by atoms with Crippen molar-refractivity contribution in [2.75, 3.05) is 60.6 Å². The van der Waals surface area contributed by atoms with E-state index in [-0.39, 0.29) is 18.5 Å². The first-order valence-electron chi connectivity index (χ1n) is 12.4. The molecule has 2 aliphatic rings. The molecule has 1 saturated heterocycles. The van der Waals surface area contributed by atoms with Crippen LogP contribution in [0, 0.1) is 5.92 Å². The highest BCUT2D eigenvalue weighted by Gasteiger charge is 2.38. The molecule has 0 radical (unpaired) electrons. The van der Waals surface area contributed by atoms with Crippen LogP contribution in [0.25, 0.3) is 0 Å². The topological polar surface area (TPSA) is 101 Å². The van der Waals surface area contributed by atoms with Crippen LogP contribution in [0.1, 0.15) is 38.8 Å². The molecule has 1 unspecified atom stereocenters. The Labute approximate surface area is 213 Å². The number of esters is 1. The first-order chi connectivity index (χ1) is 17.2. The summed E-state index contributed by atoms with van der Waals surface area (Å²) in [7, 11) is 4.74. The molecule has 1 fully saturated rings. The summed E-state index contributed by atoms with van der Waals surface area (Å²) in [6, 6.07) is 4.22. The Hall–Kier alpha value is -3.27. The lowest BCUT2D eigenvalue weighted by molar-refractivity contribution is -0.139. The largest absolute Gasteiger partial charge is 0.497 e. The summed E-state index contributed by atoms with van der Waals surface area (Å²) in [6.07, 6.45) is 0.534. The number of ether oxygens (including phenoxy) is 3. The lowest BCUT2D eigenvalue weighted by Gasteiger charge is -2.39. The highest BCUT2D eigenvalue weighted by Crippen LogP contribution is 2.35. The standard InChI is InChI=1S/C26H38N4O6/c1-7-36-25(32)23-21(16-29-8-10-30(11-9-29)22(31)12-17(2)3)28(4)26(33)27-24(23)18-13-19(34-5)15-20(14-18)35-6/h13-15,17,24H,7-12,16H2,1-6H3,(H,27,33). The fourth-order valence-corrected chi connectivity index (χ4v) is 4.49. The average Bonchev–Trinajstić information content (AvgIpc) is 2.86. The van der Waals surface area contributed by atoms with Crippen LogP contribution in [0.2, 0.25) is 0 Å². The number of amides is 3. The number of hydrogen-bond acceptors (Lipinski definition) is 7. The number of benzene rings is 1. The minimum absolute atomic E-state index is 0.164. The van der Waals surface area contributed by atoms with Gasteiger partial charge in [-0.2, -0.15) is 0 Å². The van der Waals surface area contributed by atoms with Crippen molar-refractivity contribution in [3.05, 3.63) is 35.0 Å². The van der Waals surface area contributed by atoms with Crippen LogP contribution >= 0.6 is 0 Å². The molecule has 0 saturated carbocycles. The maximum atomic E-state index is 13.2. The van der Waals surface area contributed by atoms with Crippen molar-refractivity contribution in [2.24, 2.45) is 5.92 Å². The van der Waals surface area contributed by atoms with Gasteiger partial charge in [0.25, 0.3) is 0 Å². The Balaban J connectivity index is 1.93. The van der Waals surface area contributed by atoms with Crippen LogP contribution in [0.15, 0.2) is 29.5 Å². The summed E-state index contributed by atoms with van der Waals surface area (Å²) >= 11 is 0. The van der Waals surface area contributed by atoms with Crippen LogP contribution in [0.5, 0.6) is 11.5 Å². The zero-order valence-electron chi connectivity index (χ0n) is 22.1. The first-order valence-corrected chi connectivity index (χ1v) is 12.4. The molecule has 1 atom stereocenters. The van der Waals surface area contributed by atoms with Crippen molar-refractivity contribution in [3.63, 3.8) is 0 Å². The molecule has 0 aromatic heterocycles. The summed E-state index contributed by atoms with van der Waals surface area (Å²) in [4.78, 5) is 44.2. The van der Waals surface area contributed by atoms with Crippen molar-refractivity contribution in [1.82, 2.24) is 20.0 Å². The van der Waals surface area contributed by atoms with E-state index in [0.717, 1.165) is 0 Å². The van der Waals surface area contributed by atoms with Crippen LogP contribution in [-0.4, -0.2) is 93.2 Å². The van der Waals surface area contributed by atoms with Gasteiger partial charge >= 0.3 is 12.0 Å². The van der Waals surface area contributed by atoms with Gasteiger partial charge in [-0.1, -0.05) is 13.8 Å². The molecule has 198 valence electrons. The maximum Gasteiger partial charge on any atom is 0.338 e. The lowest BCUT2D eigenvalue weighted by Crippen LogP contribution is -2.53. The van der Waals surface area contributed by atoms with E-state index in [1.807, 2.05) is 18.7 Å². The summed E-state index contributed by atoms with van der Waals surface area (Å²) in [5.74, 6) is 1.08. The average molecular weight is 503 g/mol. The van der Waals surface area contributed by atoms with E-state index in [1.165, 1.54) is 4.90 Å². The van der Waals surface area contributed by atoms with Gasteiger partial charge in [-0.05, 0) is 30.5 Å². The van der Waals surface area contributed by atoms with E-state index in [9.17, 15) is 14.4 Å². The van der Waals surface area contributed by atoms with Crippen molar-refractivity contribution >= 4 is 17.9 Å². The second kappa shape index (κ2) is 12.1. The van der Waals surface area contributed by atoms with Crippen molar-refractivity contribution < 1.29 is 28.6 Å². The number of carbonyl (C=O) groups is 3. The Morgan fingerprint density at radius 3 is 2.19 bits per heavy atom. The molecule has 10 heteroatoms. The molecule has 10 nitrogen and oxygen atoms in total. The number of nitrogens with zero attached hydrogens (tertiary/aromatic N) is 3. The minimum atomic E-state index is -0.736. The molecular formula is C26H38N4O6. The molecule has 2 aliphatic heterocycles. The molecule has 36 heavy (non-hydrogen) atoms. The van der Waals surface area contributed by atoms with Gasteiger partial charge in [0.1, 0.15) is 11.5 Å². The second-order valence-corrected chi connectivity index (χ2v) is 9.42. The monoisotopic (exact) mass is 502 g/mol.